The molecule has 0 aliphatic heterocycles. The molecule has 0 spiro atoms. The fourth-order valence-corrected chi connectivity index (χ4v) is 2.22. The first kappa shape index (κ1) is 14.5. The summed E-state index contributed by atoms with van der Waals surface area (Å²) >= 11 is 0. The number of aliphatic hydroxyl groups is 1. The van der Waals surface area contributed by atoms with Gasteiger partial charge in [-0.1, -0.05) is 18.2 Å². The number of fused-ring (bicyclic) bond motifs is 1. The summed E-state index contributed by atoms with van der Waals surface area (Å²) in [5, 5.41) is 15.1. The monoisotopic (exact) mass is 275 g/mol. The Morgan fingerprint density at radius 1 is 1.40 bits per heavy atom. The van der Waals surface area contributed by atoms with E-state index in [0.717, 1.165) is 10.9 Å². The normalized spacial score (nSPS) is 11.8. The molecule has 0 radical (unpaired) electrons. The highest BCUT2D eigenvalue weighted by atomic mass is 16.3. The van der Waals surface area contributed by atoms with Gasteiger partial charge in [0.2, 0.25) is 5.91 Å². The molecule has 0 saturated heterocycles. The summed E-state index contributed by atoms with van der Waals surface area (Å²) < 4.78 is 1.70. The number of carbonyl (C=O) groups is 1. The van der Waals surface area contributed by atoms with Crippen molar-refractivity contribution in [2.24, 2.45) is 0 Å². The first-order chi connectivity index (χ1) is 9.40. The van der Waals surface area contributed by atoms with Crippen LogP contribution in [0.4, 0.5) is 0 Å². The summed E-state index contributed by atoms with van der Waals surface area (Å²) in [4.78, 5) is 14.0. The van der Waals surface area contributed by atoms with Gasteiger partial charge in [-0.3, -0.25) is 9.48 Å². The Labute approximate surface area is 118 Å². The smallest absolute Gasteiger partial charge is 0.244 e. The van der Waals surface area contributed by atoms with E-state index in [0.29, 0.717) is 13.1 Å². The number of aromatic nitrogens is 2. The molecule has 0 aliphatic carbocycles. The van der Waals surface area contributed by atoms with E-state index in [-0.39, 0.29) is 12.5 Å². The van der Waals surface area contributed by atoms with Crippen molar-refractivity contribution in [2.45, 2.75) is 32.9 Å². The number of carbonyl (C=O) groups excluding carboxylic acids is 1. The summed E-state index contributed by atoms with van der Waals surface area (Å²) in [6, 6.07) is 7.79. The van der Waals surface area contributed by atoms with Crippen LogP contribution in [-0.4, -0.2) is 44.4 Å². The molecule has 5 heteroatoms. The molecule has 0 fully saturated rings. The molecule has 2 rings (SSSR count). The molecule has 108 valence electrons. The highest BCUT2D eigenvalue weighted by molar-refractivity contribution is 5.82. The molecule has 0 aliphatic rings. The van der Waals surface area contributed by atoms with Crippen molar-refractivity contribution in [3.63, 3.8) is 0 Å². The van der Waals surface area contributed by atoms with Crippen LogP contribution in [0.2, 0.25) is 0 Å². The summed E-state index contributed by atoms with van der Waals surface area (Å²) in [5.41, 5.74) is 0.0536. The second kappa shape index (κ2) is 5.63. The molecule has 1 amide bonds. The Kier molecular flexibility index (Phi) is 4.09. The lowest BCUT2D eigenvalue weighted by atomic mass is 10.1. The van der Waals surface area contributed by atoms with Crippen molar-refractivity contribution in [2.75, 3.05) is 13.1 Å². The van der Waals surface area contributed by atoms with Crippen LogP contribution in [0.15, 0.2) is 30.5 Å². The van der Waals surface area contributed by atoms with Gasteiger partial charge in [0.25, 0.3) is 0 Å². The summed E-state index contributed by atoms with van der Waals surface area (Å²) in [7, 11) is 0. The summed E-state index contributed by atoms with van der Waals surface area (Å²) in [6.07, 6.45) is 1.76. The standard InChI is InChI=1S/C15H21N3O2/c1-4-17(11-15(2,3)20)14(19)10-18-13-8-6-5-7-12(13)9-16-18/h5-9,20H,4,10-11H2,1-3H3. The van der Waals surface area contributed by atoms with Crippen molar-refractivity contribution in [3.8, 4) is 0 Å². The average Bonchev–Trinajstić information content (AvgIpc) is 2.78. The van der Waals surface area contributed by atoms with E-state index in [1.165, 1.54) is 0 Å². The maximum Gasteiger partial charge on any atom is 0.244 e. The molecule has 1 N–H and O–H groups in total. The number of likely N-dealkylation sites (N-methyl/N-ethyl adjacent to an activating group) is 1. The van der Waals surface area contributed by atoms with Crippen LogP contribution in [-0.2, 0) is 11.3 Å². The van der Waals surface area contributed by atoms with E-state index in [2.05, 4.69) is 5.10 Å². The third kappa shape index (κ3) is 3.36. The number of hydrogen-bond donors (Lipinski definition) is 1. The Hall–Kier alpha value is -1.88. The SMILES string of the molecule is CCN(CC(C)(C)O)C(=O)Cn1ncc2ccccc21. The molecule has 2 aromatic rings. The summed E-state index contributed by atoms with van der Waals surface area (Å²) in [5.74, 6) is -0.0384. The van der Waals surface area contributed by atoms with Crippen LogP contribution >= 0.6 is 0 Å². The lowest BCUT2D eigenvalue weighted by Crippen LogP contribution is -2.43. The van der Waals surface area contributed by atoms with Crippen molar-refractivity contribution in [1.82, 2.24) is 14.7 Å². The van der Waals surface area contributed by atoms with E-state index in [1.54, 1.807) is 29.6 Å². The van der Waals surface area contributed by atoms with Gasteiger partial charge in [-0.25, -0.2) is 0 Å². The topological polar surface area (TPSA) is 58.4 Å². The maximum absolute atomic E-state index is 12.3. The molecule has 1 aromatic heterocycles. The second-order valence-corrected chi connectivity index (χ2v) is 5.58. The Morgan fingerprint density at radius 2 is 2.10 bits per heavy atom. The van der Waals surface area contributed by atoms with Gasteiger partial charge in [0.05, 0.1) is 17.3 Å². The molecule has 20 heavy (non-hydrogen) atoms. The van der Waals surface area contributed by atoms with Crippen molar-refractivity contribution in [1.29, 1.82) is 0 Å². The first-order valence-electron chi connectivity index (χ1n) is 6.81. The lowest BCUT2D eigenvalue weighted by molar-refractivity contribution is -0.134. The Bertz CT molecular complexity index is 598. The highest BCUT2D eigenvalue weighted by Crippen LogP contribution is 2.13. The predicted molar refractivity (Wildman–Crippen MR) is 78.3 cm³/mol. The zero-order valence-corrected chi connectivity index (χ0v) is 12.2. The number of hydrogen-bond acceptors (Lipinski definition) is 3. The molecular weight excluding hydrogens is 254 g/mol. The van der Waals surface area contributed by atoms with Gasteiger partial charge in [-0.2, -0.15) is 5.10 Å². The second-order valence-electron chi connectivity index (χ2n) is 5.58. The molecule has 0 saturated carbocycles. The fourth-order valence-electron chi connectivity index (χ4n) is 2.22. The number of rotatable bonds is 5. The van der Waals surface area contributed by atoms with E-state index in [4.69, 9.17) is 0 Å². The van der Waals surface area contributed by atoms with Gasteiger partial charge >= 0.3 is 0 Å². The highest BCUT2D eigenvalue weighted by Gasteiger charge is 2.21. The number of para-hydroxylation sites is 1. The van der Waals surface area contributed by atoms with Crippen molar-refractivity contribution < 1.29 is 9.90 Å². The molecule has 1 aromatic carbocycles. The van der Waals surface area contributed by atoms with Gasteiger partial charge in [0.15, 0.2) is 0 Å². The minimum absolute atomic E-state index is 0.0384. The minimum Gasteiger partial charge on any atom is -0.389 e. The van der Waals surface area contributed by atoms with Gasteiger partial charge < -0.3 is 10.0 Å². The van der Waals surface area contributed by atoms with Crippen molar-refractivity contribution in [3.05, 3.63) is 30.5 Å². The van der Waals surface area contributed by atoms with Crippen LogP contribution in [0.25, 0.3) is 10.9 Å². The van der Waals surface area contributed by atoms with Gasteiger partial charge in [-0.05, 0) is 26.8 Å². The predicted octanol–water partition coefficient (Wildman–Crippen LogP) is 1.66. The van der Waals surface area contributed by atoms with Gasteiger partial charge in [0.1, 0.15) is 6.54 Å². The molecule has 0 unspecified atom stereocenters. The third-order valence-corrected chi connectivity index (χ3v) is 3.15. The van der Waals surface area contributed by atoms with E-state index < -0.39 is 5.60 Å². The Balaban J connectivity index is 2.14. The minimum atomic E-state index is -0.891. The fraction of sp³-hybridized carbons (Fsp3) is 0.467. The van der Waals surface area contributed by atoms with Gasteiger partial charge in [-0.15, -0.1) is 0 Å². The summed E-state index contributed by atoms with van der Waals surface area (Å²) in [6.45, 7) is 6.39. The molecule has 0 bridgehead atoms. The first-order valence-corrected chi connectivity index (χ1v) is 6.81. The van der Waals surface area contributed by atoms with Crippen LogP contribution < -0.4 is 0 Å². The van der Waals surface area contributed by atoms with Crippen LogP contribution in [0.3, 0.4) is 0 Å². The zero-order valence-electron chi connectivity index (χ0n) is 12.2. The van der Waals surface area contributed by atoms with Crippen LogP contribution in [0, 0.1) is 0 Å². The molecule has 0 atom stereocenters. The van der Waals surface area contributed by atoms with E-state index >= 15 is 0 Å². The molecule has 5 nitrogen and oxygen atoms in total. The molecule has 1 heterocycles. The Morgan fingerprint density at radius 3 is 2.75 bits per heavy atom. The maximum atomic E-state index is 12.3. The van der Waals surface area contributed by atoms with Gasteiger partial charge in [0, 0.05) is 18.5 Å². The lowest BCUT2D eigenvalue weighted by Gasteiger charge is -2.28. The molecular formula is C15H21N3O2. The zero-order chi connectivity index (χ0) is 14.8. The quantitative estimate of drug-likeness (QED) is 0.902. The van der Waals surface area contributed by atoms with Crippen molar-refractivity contribution >= 4 is 16.8 Å². The number of benzene rings is 1. The van der Waals surface area contributed by atoms with Crippen LogP contribution in [0.5, 0.6) is 0 Å². The van der Waals surface area contributed by atoms with E-state index in [1.807, 2.05) is 31.2 Å². The van der Waals surface area contributed by atoms with Crippen LogP contribution in [0.1, 0.15) is 20.8 Å². The largest absolute Gasteiger partial charge is 0.389 e. The number of amides is 1. The van der Waals surface area contributed by atoms with E-state index in [9.17, 15) is 9.90 Å². The number of nitrogens with zero attached hydrogens (tertiary/aromatic N) is 3. The average molecular weight is 275 g/mol. The third-order valence-electron chi connectivity index (χ3n) is 3.15.